The molecule has 0 aromatic carbocycles. The highest BCUT2D eigenvalue weighted by Crippen LogP contribution is 2.23. The SMILES string of the molecule is CC(C)c1cnc(Br)c(Cl)c1. The zero-order chi connectivity index (χ0) is 8.43. The van der Waals surface area contributed by atoms with Crippen LogP contribution >= 0.6 is 27.5 Å². The molecule has 1 nitrogen and oxygen atoms in total. The first-order chi connectivity index (χ1) is 5.11. The molecule has 0 unspecified atom stereocenters. The molecule has 60 valence electrons. The van der Waals surface area contributed by atoms with Crippen molar-refractivity contribution in [1.29, 1.82) is 0 Å². The molecule has 0 aliphatic rings. The van der Waals surface area contributed by atoms with Gasteiger partial charge in [0.25, 0.3) is 0 Å². The van der Waals surface area contributed by atoms with Crippen LogP contribution in [-0.2, 0) is 0 Å². The Hall–Kier alpha value is -0.0800. The summed E-state index contributed by atoms with van der Waals surface area (Å²) in [6, 6.07) is 1.93. The molecular formula is C8H9BrClN. The average molecular weight is 235 g/mol. The average Bonchev–Trinajstić information content (AvgIpc) is 1.94. The monoisotopic (exact) mass is 233 g/mol. The predicted octanol–water partition coefficient (Wildman–Crippen LogP) is 3.62. The van der Waals surface area contributed by atoms with Crippen molar-refractivity contribution in [1.82, 2.24) is 4.98 Å². The number of pyridine rings is 1. The van der Waals surface area contributed by atoms with Crippen molar-refractivity contribution in [2.45, 2.75) is 19.8 Å². The molecule has 0 N–H and O–H groups in total. The van der Waals surface area contributed by atoms with E-state index in [0.29, 0.717) is 15.5 Å². The predicted molar refractivity (Wildman–Crippen MR) is 51.0 cm³/mol. The first-order valence-electron chi connectivity index (χ1n) is 3.42. The van der Waals surface area contributed by atoms with Gasteiger partial charge >= 0.3 is 0 Å². The van der Waals surface area contributed by atoms with Gasteiger partial charge in [-0.1, -0.05) is 25.4 Å². The lowest BCUT2D eigenvalue weighted by Crippen LogP contribution is -1.89. The van der Waals surface area contributed by atoms with Gasteiger partial charge in [-0.25, -0.2) is 4.98 Å². The van der Waals surface area contributed by atoms with Gasteiger partial charge in [0.15, 0.2) is 0 Å². The molecule has 1 aromatic rings. The maximum Gasteiger partial charge on any atom is 0.124 e. The molecule has 0 amide bonds. The summed E-state index contributed by atoms with van der Waals surface area (Å²) < 4.78 is 0.712. The Morgan fingerprint density at radius 1 is 1.55 bits per heavy atom. The van der Waals surface area contributed by atoms with Crippen molar-refractivity contribution in [2.24, 2.45) is 0 Å². The van der Waals surface area contributed by atoms with E-state index in [9.17, 15) is 0 Å². The molecule has 1 rings (SSSR count). The first-order valence-corrected chi connectivity index (χ1v) is 4.59. The minimum absolute atomic E-state index is 0.480. The number of hydrogen-bond donors (Lipinski definition) is 0. The standard InChI is InChI=1S/C8H9BrClN/c1-5(2)6-3-7(10)8(9)11-4-6/h3-5H,1-2H3. The highest BCUT2D eigenvalue weighted by atomic mass is 79.9. The maximum atomic E-state index is 5.85. The second-order valence-corrected chi connectivity index (χ2v) is 3.85. The van der Waals surface area contributed by atoms with Gasteiger partial charge in [-0.2, -0.15) is 0 Å². The number of hydrogen-bond acceptors (Lipinski definition) is 1. The van der Waals surface area contributed by atoms with Gasteiger partial charge in [-0.15, -0.1) is 0 Å². The van der Waals surface area contributed by atoms with Crippen molar-refractivity contribution in [3.05, 3.63) is 27.5 Å². The lowest BCUT2D eigenvalue weighted by Gasteiger charge is -2.04. The molecular weight excluding hydrogens is 225 g/mol. The van der Waals surface area contributed by atoms with Crippen LogP contribution in [0.15, 0.2) is 16.9 Å². The third kappa shape index (κ3) is 2.17. The summed E-state index contributed by atoms with van der Waals surface area (Å²) in [6.45, 7) is 4.22. The smallest absolute Gasteiger partial charge is 0.124 e. The van der Waals surface area contributed by atoms with Crippen LogP contribution in [0.25, 0.3) is 0 Å². The normalized spacial score (nSPS) is 10.6. The number of halogens is 2. The lowest BCUT2D eigenvalue weighted by atomic mass is 10.1. The summed E-state index contributed by atoms with van der Waals surface area (Å²) >= 11 is 9.08. The fourth-order valence-corrected chi connectivity index (χ4v) is 1.14. The Bertz CT molecular complexity index is 260. The van der Waals surface area contributed by atoms with E-state index in [0.717, 1.165) is 0 Å². The van der Waals surface area contributed by atoms with Crippen LogP contribution in [0.4, 0.5) is 0 Å². The fourth-order valence-electron chi connectivity index (χ4n) is 0.752. The van der Waals surface area contributed by atoms with Crippen LogP contribution < -0.4 is 0 Å². The second-order valence-electron chi connectivity index (χ2n) is 2.70. The molecule has 0 fully saturated rings. The Morgan fingerprint density at radius 2 is 2.18 bits per heavy atom. The second kappa shape index (κ2) is 3.55. The zero-order valence-electron chi connectivity index (χ0n) is 6.44. The largest absolute Gasteiger partial charge is 0.247 e. The number of aromatic nitrogens is 1. The molecule has 0 bridgehead atoms. The van der Waals surface area contributed by atoms with E-state index in [-0.39, 0.29) is 0 Å². The van der Waals surface area contributed by atoms with Gasteiger partial charge in [-0.05, 0) is 33.5 Å². The molecule has 0 spiro atoms. The Morgan fingerprint density at radius 3 is 2.64 bits per heavy atom. The van der Waals surface area contributed by atoms with Crippen LogP contribution in [0, 0.1) is 0 Å². The van der Waals surface area contributed by atoms with Gasteiger partial charge in [0, 0.05) is 6.20 Å². The Labute approximate surface area is 79.9 Å². The molecule has 0 saturated carbocycles. The van der Waals surface area contributed by atoms with Crippen molar-refractivity contribution < 1.29 is 0 Å². The minimum atomic E-state index is 0.480. The molecule has 1 aromatic heterocycles. The van der Waals surface area contributed by atoms with E-state index in [1.807, 2.05) is 12.3 Å². The van der Waals surface area contributed by atoms with E-state index in [2.05, 4.69) is 34.8 Å². The van der Waals surface area contributed by atoms with Crippen molar-refractivity contribution in [2.75, 3.05) is 0 Å². The number of rotatable bonds is 1. The lowest BCUT2D eigenvalue weighted by molar-refractivity contribution is 0.857. The molecule has 0 saturated heterocycles. The topological polar surface area (TPSA) is 12.9 Å². The summed E-state index contributed by atoms with van der Waals surface area (Å²) in [5, 5.41) is 0.677. The maximum absolute atomic E-state index is 5.85. The van der Waals surface area contributed by atoms with Crippen LogP contribution in [0.2, 0.25) is 5.02 Å². The van der Waals surface area contributed by atoms with Crippen molar-refractivity contribution in [3.8, 4) is 0 Å². The summed E-state index contributed by atoms with van der Waals surface area (Å²) in [7, 11) is 0. The summed E-state index contributed by atoms with van der Waals surface area (Å²) in [4.78, 5) is 4.08. The van der Waals surface area contributed by atoms with Gasteiger partial charge in [-0.3, -0.25) is 0 Å². The van der Waals surface area contributed by atoms with Gasteiger partial charge in [0.05, 0.1) is 5.02 Å². The minimum Gasteiger partial charge on any atom is -0.247 e. The highest BCUT2D eigenvalue weighted by molar-refractivity contribution is 9.10. The van der Waals surface area contributed by atoms with Crippen LogP contribution in [0.5, 0.6) is 0 Å². The molecule has 1 heterocycles. The van der Waals surface area contributed by atoms with Crippen molar-refractivity contribution in [3.63, 3.8) is 0 Å². The van der Waals surface area contributed by atoms with Crippen LogP contribution in [0.1, 0.15) is 25.3 Å². The fraction of sp³-hybridized carbons (Fsp3) is 0.375. The Balaban J connectivity index is 3.05. The molecule has 0 aliphatic heterocycles. The molecule has 0 aliphatic carbocycles. The van der Waals surface area contributed by atoms with Gasteiger partial charge in [0.2, 0.25) is 0 Å². The van der Waals surface area contributed by atoms with Crippen LogP contribution in [-0.4, -0.2) is 4.98 Å². The first kappa shape index (κ1) is 9.01. The molecule has 11 heavy (non-hydrogen) atoms. The molecule has 3 heteroatoms. The van der Waals surface area contributed by atoms with Gasteiger partial charge in [0.1, 0.15) is 4.60 Å². The number of nitrogens with zero attached hydrogens (tertiary/aromatic N) is 1. The quantitative estimate of drug-likeness (QED) is 0.676. The van der Waals surface area contributed by atoms with Gasteiger partial charge < -0.3 is 0 Å². The molecule has 0 radical (unpaired) electrons. The molecule has 0 atom stereocenters. The highest BCUT2D eigenvalue weighted by Gasteiger charge is 2.02. The third-order valence-corrected chi connectivity index (χ3v) is 2.63. The summed E-state index contributed by atoms with van der Waals surface area (Å²) in [5.41, 5.74) is 1.17. The summed E-state index contributed by atoms with van der Waals surface area (Å²) in [5.74, 6) is 0.480. The van der Waals surface area contributed by atoms with Crippen LogP contribution in [0.3, 0.4) is 0 Å². The van der Waals surface area contributed by atoms with E-state index in [1.165, 1.54) is 5.56 Å². The zero-order valence-corrected chi connectivity index (χ0v) is 8.78. The third-order valence-electron chi connectivity index (χ3n) is 1.48. The van der Waals surface area contributed by atoms with E-state index in [1.54, 1.807) is 0 Å². The van der Waals surface area contributed by atoms with Crippen molar-refractivity contribution >= 4 is 27.5 Å². The van der Waals surface area contributed by atoms with E-state index >= 15 is 0 Å². The van der Waals surface area contributed by atoms with E-state index in [4.69, 9.17) is 11.6 Å². The van der Waals surface area contributed by atoms with E-state index < -0.39 is 0 Å². The summed E-state index contributed by atoms with van der Waals surface area (Å²) in [6.07, 6.45) is 1.83. The Kier molecular flexibility index (Phi) is 2.90.